The van der Waals surface area contributed by atoms with E-state index in [9.17, 15) is 14.3 Å². The van der Waals surface area contributed by atoms with E-state index >= 15 is 0 Å². The molecule has 0 unspecified atom stereocenters. The number of hydrogen-bond acceptors (Lipinski definition) is 4. The van der Waals surface area contributed by atoms with Crippen LogP contribution in [-0.4, -0.2) is 46.2 Å². The zero-order chi connectivity index (χ0) is 18.0. The molecule has 2 aliphatic rings. The van der Waals surface area contributed by atoms with Crippen LogP contribution < -0.4 is 0 Å². The van der Waals surface area contributed by atoms with E-state index in [1.807, 2.05) is 0 Å². The second kappa shape index (κ2) is 7.85. The third kappa shape index (κ3) is 4.22. The zero-order valence-corrected chi connectivity index (χ0v) is 14.3. The maximum absolute atomic E-state index is 14.5. The van der Waals surface area contributed by atoms with Crippen LogP contribution in [-0.2, 0) is 17.8 Å². The van der Waals surface area contributed by atoms with Gasteiger partial charge in [0.05, 0.1) is 5.92 Å². The summed E-state index contributed by atoms with van der Waals surface area (Å²) in [7, 11) is -1.36. The molecule has 3 N–H and O–H groups in total. The lowest BCUT2D eigenvalue weighted by Crippen LogP contribution is -2.20. The Hall–Kier alpha value is -1.44. The van der Waals surface area contributed by atoms with E-state index in [1.165, 1.54) is 6.07 Å². The minimum absolute atomic E-state index is 0.118. The number of benzene rings is 1. The zero-order valence-electron chi connectivity index (χ0n) is 14.3. The second-order valence-electron chi connectivity index (χ2n) is 7.32. The normalized spacial score (nSPS) is 23.0. The second-order valence-corrected chi connectivity index (χ2v) is 7.32. The maximum atomic E-state index is 14.5. The lowest BCUT2D eigenvalue weighted by atomic mass is 9.80. The minimum atomic E-state index is -1.36. The van der Waals surface area contributed by atoms with E-state index in [0.717, 1.165) is 37.1 Å². The van der Waals surface area contributed by atoms with Crippen molar-refractivity contribution in [3.05, 3.63) is 34.6 Å². The first kappa shape index (κ1) is 18.4. The predicted molar refractivity (Wildman–Crippen MR) is 92.7 cm³/mol. The molecule has 7 heteroatoms. The van der Waals surface area contributed by atoms with Crippen molar-refractivity contribution in [3.63, 3.8) is 0 Å². The number of carboxylic acids is 1. The first-order valence-corrected chi connectivity index (χ1v) is 9.08. The fourth-order valence-corrected chi connectivity index (χ4v) is 4.27. The predicted octanol–water partition coefficient (Wildman–Crippen LogP) is 2.02. The average Bonchev–Trinajstić information content (AvgIpc) is 3.14. The maximum Gasteiger partial charge on any atom is 0.451 e. The molecule has 0 saturated carbocycles. The summed E-state index contributed by atoms with van der Waals surface area (Å²) in [6.45, 7) is 2.46. The number of nitrogens with zero attached hydrogens (tertiary/aromatic N) is 1. The van der Waals surface area contributed by atoms with Gasteiger partial charge in [-0.3, -0.25) is 9.69 Å². The van der Waals surface area contributed by atoms with Crippen molar-refractivity contribution < 1.29 is 24.3 Å². The highest BCUT2D eigenvalue weighted by atomic mass is 19.1. The molecule has 1 heterocycles. The summed E-state index contributed by atoms with van der Waals surface area (Å²) >= 11 is 0. The van der Waals surface area contributed by atoms with Gasteiger partial charge in [0.2, 0.25) is 0 Å². The molecular weight excluding hydrogens is 324 g/mol. The molecule has 25 heavy (non-hydrogen) atoms. The van der Waals surface area contributed by atoms with Gasteiger partial charge >= 0.3 is 13.1 Å². The standard InChI is InChI=1S/C18H25BFNO4/c20-16-10-13-8-12(4-3-5-19(24)25)17(18(22)23)15(13)9-14(16)11-21-6-1-2-7-21/h9-10,12,17,24-25H,1-8,11H2,(H,22,23)/t12-,17-/m0/s1. The van der Waals surface area contributed by atoms with Gasteiger partial charge in [-0.1, -0.05) is 12.5 Å². The van der Waals surface area contributed by atoms with Crippen molar-refractivity contribution in [2.24, 2.45) is 5.92 Å². The third-order valence-corrected chi connectivity index (χ3v) is 5.49. The van der Waals surface area contributed by atoms with Gasteiger partial charge < -0.3 is 15.2 Å². The van der Waals surface area contributed by atoms with Gasteiger partial charge in [0, 0.05) is 12.1 Å². The summed E-state index contributed by atoms with van der Waals surface area (Å²) in [5, 5.41) is 27.6. The van der Waals surface area contributed by atoms with E-state index < -0.39 is 19.0 Å². The Morgan fingerprint density at radius 2 is 2.00 bits per heavy atom. The number of fused-ring (bicyclic) bond motifs is 1. The largest absolute Gasteiger partial charge is 0.481 e. The lowest BCUT2D eigenvalue weighted by molar-refractivity contribution is -0.139. The van der Waals surface area contributed by atoms with Gasteiger partial charge in [-0.2, -0.15) is 0 Å². The fourth-order valence-electron chi connectivity index (χ4n) is 4.27. The molecule has 1 fully saturated rings. The van der Waals surface area contributed by atoms with Crippen molar-refractivity contribution in [1.29, 1.82) is 0 Å². The Morgan fingerprint density at radius 3 is 2.64 bits per heavy atom. The molecule has 0 radical (unpaired) electrons. The molecule has 5 nitrogen and oxygen atoms in total. The van der Waals surface area contributed by atoms with Crippen LogP contribution in [0.2, 0.25) is 6.32 Å². The Morgan fingerprint density at radius 1 is 1.28 bits per heavy atom. The van der Waals surface area contributed by atoms with Crippen LogP contribution in [0.3, 0.4) is 0 Å². The lowest BCUT2D eigenvalue weighted by Gasteiger charge is -2.18. The quantitative estimate of drug-likeness (QED) is 0.656. The van der Waals surface area contributed by atoms with E-state index in [-0.39, 0.29) is 18.1 Å². The molecule has 0 amide bonds. The van der Waals surface area contributed by atoms with Crippen LogP contribution in [0.15, 0.2) is 12.1 Å². The third-order valence-electron chi connectivity index (χ3n) is 5.49. The van der Waals surface area contributed by atoms with E-state index in [4.69, 9.17) is 10.0 Å². The molecule has 136 valence electrons. The molecule has 1 saturated heterocycles. The number of carboxylic acid groups (broad SMARTS) is 1. The van der Waals surface area contributed by atoms with E-state index in [2.05, 4.69) is 4.90 Å². The van der Waals surface area contributed by atoms with Crippen molar-refractivity contribution >= 4 is 13.1 Å². The summed E-state index contributed by atoms with van der Waals surface area (Å²) in [5.41, 5.74) is 2.10. The number of halogens is 1. The summed E-state index contributed by atoms with van der Waals surface area (Å²) in [5.74, 6) is -1.88. The number of likely N-dealkylation sites (tertiary alicyclic amines) is 1. The van der Waals surface area contributed by atoms with Gasteiger partial charge in [-0.25, -0.2) is 4.39 Å². The van der Waals surface area contributed by atoms with Gasteiger partial charge in [0.25, 0.3) is 0 Å². The van der Waals surface area contributed by atoms with Crippen molar-refractivity contribution in [1.82, 2.24) is 4.90 Å². The van der Waals surface area contributed by atoms with Crippen LogP contribution in [0.4, 0.5) is 4.39 Å². The number of rotatable bonds is 7. The Labute approximate surface area is 147 Å². The van der Waals surface area contributed by atoms with Crippen LogP contribution >= 0.6 is 0 Å². The SMILES string of the molecule is O=C(O)[C@@H]1c2cc(CN3CCCC3)c(F)cc2C[C@@H]1CCCB(O)O. The van der Waals surface area contributed by atoms with Crippen LogP contribution in [0.25, 0.3) is 0 Å². The van der Waals surface area contributed by atoms with Crippen molar-refractivity contribution in [3.8, 4) is 0 Å². The number of hydrogen-bond donors (Lipinski definition) is 3. The Balaban J connectivity index is 1.78. The molecule has 2 atom stereocenters. The summed E-state index contributed by atoms with van der Waals surface area (Å²) in [4.78, 5) is 14.0. The Bertz CT molecular complexity index is 634. The summed E-state index contributed by atoms with van der Waals surface area (Å²) in [6.07, 6.45) is 4.16. The smallest absolute Gasteiger partial charge is 0.451 e. The molecule has 1 aliphatic carbocycles. The molecular formula is C18H25BFNO4. The Kier molecular flexibility index (Phi) is 5.76. The van der Waals surface area contributed by atoms with E-state index in [0.29, 0.717) is 31.4 Å². The molecule has 0 aromatic heterocycles. The van der Waals surface area contributed by atoms with Crippen molar-refractivity contribution in [2.45, 2.75) is 50.9 Å². The molecule has 0 spiro atoms. The first-order valence-electron chi connectivity index (χ1n) is 9.08. The van der Waals surface area contributed by atoms with Crippen LogP contribution in [0, 0.1) is 11.7 Å². The highest BCUT2D eigenvalue weighted by molar-refractivity contribution is 6.40. The fraction of sp³-hybridized carbons (Fsp3) is 0.611. The molecule has 0 bridgehead atoms. The van der Waals surface area contributed by atoms with Gasteiger partial charge in [-0.15, -0.1) is 0 Å². The average molecular weight is 349 g/mol. The van der Waals surface area contributed by atoms with Crippen LogP contribution in [0.5, 0.6) is 0 Å². The molecule has 3 rings (SSSR count). The molecule has 1 aliphatic heterocycles. The first-order chi connectivity index (χ1) is 12.0. The van der Waals surface area contributed by atoms with E-state index in [1.54, 1.807) is 6.07 Å². The highest BCUT2D eigenvalue weighted by Crippen LogP contribution is 2.42. The number of aliphatic carboxylic acids is 1. The number of carbonyl (C=O) groups is 1. The summed E-state index contributed by atoms with van der Waals surface area (Å²) < 4.78 is 14.5. The topological polar surface area (TPSA) is 81.0 Å². The molecule has 1 aromatic rings. The minimum Gasteiger partial charge on any atom is -0.481 e. The molecule has 1 aromatic carbocycles. The van der Waals surface area contributed by atoms with Crippen LogP contribution in [0.1, 0.15) is 48.3 Å². The van der Waals surface area contributed by atoms with Gasteiger partial charge in [-0.05, 0) is 68.2 Å². The van der Waals surface area contributed by atoms with Gasteiger partial charge in [0.1, 0.15) is 5.82 Å². The highest BCUT2D eigenvalue weighted by Gasteiger charge is 2.38. The van der Waals surface area contributed by atoms with Gasteiger partial charge in [0.15, 0.2) is 0 Å². The summed E-state index contributed by atoms with van der Waals surface area (Å²) in [6, 6.07) is 3.26. The monoisotopic (exact) mass is 349 g/mol. The van der Waals surface area contributed by atoms with Crippen molar-refractivity contribution in [2.75, 3.05) is 13.1 Å².